The first kappa shape index (κ1) is 19.7. The molecule has 1 amide bonds. The van der Waals surface area contributed by atoms with Crippen LogP contribution in [-0.2, 0) is 6.18 Å². The van der Waals surface area contributed by atoms with Crippen LogP contribution in [0.2, 0.25) is 0 Å². The fourth-order valence-corrected chi connectivity index (χ4v) is 3.26. The van der Waals surface area contributed by atoms with Gasteiger partial charge in [0.25, 0.3) is 5.91 Å². The molecule has 0 radical (unpaired) electrons. The number of pyridine rings is 1. The lowest BCUT2D eigenvalue weighted by molar-refractivity contribution is -0.137. The maximum absolute atomic E-state index is 12.8. The summed E-state index contributed by atoms with van der Waals surface area (Å²) in [5.41, 5.74) is -0.310. The fraction of sp³-hybridized carbons (Fsp3) is 0.350. The molecule has 28 heavy (non-hydrogen) atoms. The van der Waals surface area contributed by atoms with Crippen LogP contribution >= 0.6 is 0 Å². The zero-order chi connectivity index (χ0) is 20.1. The van der Waals surface area contributed by atoms with Crippen molar-refractivity contribution in [3.8, 4) is 6.07 Å². The van der Waals surface area contributed by atoms with Crippen LogP contribution in [0.4, 0.5) is 19.0 Å². The molecule has 0 saturated carbocycles. The number of nitriles is 1. The topological polar surface area (TPSA) is 69.0 Å². The van der Waals surface area contributed by atoms with E-state index in [-0.39, 0.29) is 11.5 Å². The molecule has 1 aliphatic rings. The van der Waals surface area contributed by atoms with E-state index < -0.39 is 17.6 Å². The molecule has 2 aromatic rings. The van der Waals surface area contributed by atoms with Crippen molar-refractivity contribution in [2.45, 2.75) is 19.0 Å². The molecule has 0 unspecified atom stereocenters. The third kappa shape index (κ3) is 4.60. The number of halogens is 3. The molecule has 1 saturated heterocycles. The molecule has 1 aliphatic heterocycles. The van der Waals surface area contributed by atoms with Gasteiger partial charge in [0.1, 0.15) is 11.9 Å². The van der Waals surface area contributed by atoms with Gasteiger partial charge in [-0.3, -0.25) is 4.79 Å². The Morgan fingerprint density at radius 2 is 2.00 bits per heavy atom. The minimum Gasteiger partial charge on any atom is -0.356 e. The highest BCUT2D eigenvalue weighted by atomic mass is 19.4. The largest absolute Gasteiger partial charge is 0.416 e. The summed E-state index contributed by atoms with van der Waals surface area (Å²) in [5.74, 6) is 0.377. The maximum Gasteiger partial charge on any atom is 0.416 e. The minimum atomic E-state index is -4.48. The average molecular weight is 388 g/mol. The molecule has 5 nitrogen and oxygen atoms in total. The molecule has 0 bridgehead atoms. The summed E-state index contributed by atoms with van der Waals surface area (Å²) in [4.78, 5) is 18.5. The van der Waals surface area contributed by atoms with E-state index >= 15 is 0 Å². The second kappa shape index (κ2) is 8.30. The molecule has 8 heteroatoms. The Labute approximate surface area is 160 Å². The van der Waals surface area contributed by atoms with Gasteiger partial charge in [-0.1, -0.05) is 6.07 Å². The lowest BCUT2D eigenvalue weighted by Crippen LogP contribution is -2.39. The molecule has 146 valence electrons. The quantitative estimate of drug-likeness (QED) is 0.869. The van der Waals surface area contributed by atoms with Crippen LogP contribution in [-0.4, -0.2) is 30.5 Å². The van der Waals surface area contributed by atoms with Crippen molar-refractivity contribution in [1.29, 1.82) is 5.26 Å². The van der Waals surface area contributed by atoms with Gasteiger partial charge in [-0.25, -0.2) is 4.98 Å². The van der Waals surface area contributed by atoms with E-state index in [2.05, 4.69) is 16.4 Å². The third-order valence-corrected chi connectivity index (χ3v) is 4.82. The van der Waals surface area contributed by atoms with E-state index in [1.54, 1.807) is 18.3 Å². The maximum atomic E-state index is 12.8. The van der Waals surface area contributed by atoms with Gasteiger partial charge < -0.3 is 10.2 Å². The van der Waals surface area contributed by atoms with Gasteiger partial charge in [0.15, 0.2) is 0 Å². The van der Waals surface area contributed by atoms with Gasteiger partial charge in [-0.15, -0.1) is 0 Å². The number of aromatic nitrogens is 1. The van der Waals surface area contributed by atoms with Crippen molar-refractivity contribution < 1.29 is 18.0 Å². The molecule has 0 spiro atoms. The van der Waals surface area contributed by atoms with E-state index in [1.807, 2.05) is 4.90 Å². The first-order valence-corrected chi connectivity index (χ1v) is 8.94. The monoisotopic (exact) mass is 388 g/mol. The van der Waals surface area contributed by atoms with Gasteiger partial charge in [-0.2, -0.15) is 18.4 Å². The number of benzene rings is 1. The van der Waals surface area contributed by atoms with Crippen molar-refractivity contribution >= 4 is 11.7 Å². The van der Waals surface area contributed by atoms with E-state index in [0.29, 0.717) is 31.0 Å². The molecule has 3 rings (SSSR count). The number of carbonyl (C=O) groups excluding carboxylic acids is 1. The smallest absolute Gasteiger partial charge is 0.356 e. The molecular weight excluding hydrogens is 369 g/mol. The predicted molar refractivity (Wildman–Crippen MR) is 97.7 cm³/mol. The Hall–Kier alpha value is -3.08. The van der Waals surface area contributed by atoms with Crippen LogP contribution in [0, 0.1) is 17.2 Å². The summed E-state index contributed by atoms with van der Waals surface area (Å²) < 4.78 is 38.3. The predicted octanol–water partition coefficient (Wildman–Crippen LogP) is 3.62. The van der Waals surface area contributed by atoms with Gasteiger partial charge in [0.2, 0.25) is 0 Å². The number of nitrogens with one attached hydrogen (secondary N) is 1. The highest BCUT2D eigenvalue weighted by Gasteiger charge is 2.31. The molecule has 1 N–H and O–H groups in total. The number of amides is 1. The minimum absolute atomic E-state index is 0.000548. The zero-order valence-corrected chi connectivity index (χ0v) is 15.0. The van der Waals surface area contributed by atoms with E-state index in [0.717, 1.165) is 25.0 Å². The van der Waals surface area contributed by atoms with Crippen LogP contribution in [0.15, 0.2) is 42.6 Å². The fourth-order valence-electron chi connectivity index (χ4n) is 3.26. The van der Waals surface area contributed by atoms with Crippen molar-refractivity contribution in [2.75, 3.05) is 24.5 Å². The number of carbonyl (C=O) groups is 1. The van der Waals surface area contributed by atoms with Gasteiger partial charge in [0, 0.05) is 31.4 Å². The number of alkyl halides is 3. The Kier molecular flexibility index (Phi) is 5.83. The normalized spacial score (nSPS) is 15.1. The number of anilines is 1. The van der Waals surface area contributed by atoms with E-state index in [1.165, 1.54) is 12.1 Å². The Morgan fingerprint density at radius 3 is 2.68 bits per heavy atom. The summed E-state index contributed by atoms with van der Waals surface area (Å²) in [6.07, 6.45) is -1.23. The molecule has 1 fully saturated rings. The Morgan fingerprint density at radius 1 is 1.25 bits per heavy atom. The van der Waals surface area contributed by atoms with E-state index in [9.17, 15) is 23.2 Å². The summed E-state index contributed by atoms with van der Waals surface area (Å²) in [7, 11) is 0. The van der Waals surface area contributed by atoms with E-state index in [4.69, 9.17) is 0 Å². The third-order valence-electron chi connectivity index (χ3n) is 4.82. The molecule has 2 heterocycles. The lowest BCUT2D eigenvalue weighted by Gasteiger charge is -2.33. The summed E-state index contributed by atoms with van der Waals surface area (Å²) in [6, 6.07) is 9.99. The second-order valence-corrected chi connectivity index (χ2v) is 6.71. The summed E-state index contributed by atoms with van der Waals surface area (Å²) in [6.45, 7) is 1.81. The molecule has 0 aliphatic carbocycles. The SMILES string of the molecule is N#Cc1cccnc1N1CCC(CNC(=O)c2cccc(C(F)(F)F)c2)CC1. The van der Waals surface area contributed by atoms with Crippen LogP contribution in [0.3, 0.4) is 0 Å². The van der Waals surface area contributed by atoms with Crippen LogP contribution in [0.25, 0.3) is 0 Å². The van der Waals surface area contributed by atoms with Crippen molar-refractivity contribution in [3.05, 3.63) is 59.3 Å². The average Bonchev–Trinajstić information content (AvgIpc) is 2.72. The highest BCUT2D eigenvalue weighted by Crippen LogP contribution is 2.29. The Balaban J connectivity index is 1.53. The lowest BCUT2D eigenvalue weighted by atomic mass is 9.96. The molecular formula is C20H19F3N4O. The summed E-state index contributed by atoms with van der Waals surface area (Å²) in [5, 5.41) is 11.9. The molecule has 0 atom stereocenters. The van der Waals surface area contributed by atoms with Crippen LogP contribution in [0.5, 0.6) is 0 Å². The molecule has 1 aromatic heterocycles. The number of piperidine rings is 1. The highest BCUT2D eigenvalue weighted by molar-refractivity contribution is 5.94. The van der Waals surface area contributed by atoms with Gasteiger partial charge >= 0.3 is 6.18 Å². The van der Waals surface area contributed by atoms with Crippen LogP contribution < -0.4 is 10.2 Å². The standard InChI is InChI=1S/C20H19F3N4O/c21-20(22,23)17-5-1-3-15(11-17)19(28)26-13-14-6-9-27(10-7-14)18-16(12-24)4-2-8-25-18/h1-5,8,11,14H,6-7,9-10,13H2,(H,26,28). The number of hydrogen-bond donors (Lipinski definition) is 1. The van der Waals surface area contributed by atoms with Gasteiger partial charge in [-0.05, 0) is 49.1 Å². The first-order chi connectivity index (χ1) is 13.4. The van der Waals surface area contributed by atoms with Gasteiger partial charge in [0.05, 0.1) is 11.1 Å². The van der Waals surface area contributed by atoms with Crippen LogP contribution in [0.1, 0.15) is 34.3 Å². The zero-order valence-electron chi connectivity index (χ0n) is 15.0. The second-order valence-electron chi connectivity index (χ2n) is 6.71. The van der Waals surface area contributed by atoms with Crippen molar-refractivity contribution in [2.24, 2.45) is 5.92 Å². The van der Waals surface area contributed by atoms with Crippen molar-refractivity contribution in [1.82, 2.24) is 10.3 Å². The first-order valence-electron chi connectivity index (χ1n) is 8.94. The number of nitrogens with zero attached hydrogens (tertiary/aromatic N) is 3. The Bertz CT molecular complexity index is 884. The molecule has 1 aromatic carbocycles. The number of rotatable bonds is 4. The summed E-state index contributed by atoms with van der Waals surface area (Å²) >= 11 is 0. The van der Waals surface area contributed by atoms with Crippen molar-refractivity contribution in [3.63, 3.8) is 0 Å². The number of hydrogen-bond acceptors (Lipinski definition) is 4.